The number of benzene rings is 1. The Hall–Kier alpha value is -2.43. The Labute approximate surface area is 129 Å². The van der Waals surface area contributed by atoms with E-state index < -0.39 is 17.9 Å². The Balaban J connectivity index is 2.02. The molecule has 5 nitrogen and oxygen atoms in total. The quantitative estimate of drug-likeness (QED) is 0.475. The number of aryl methyl sites for hydroxylation is 1. The summed E-state index contributed by atoms with van der Waals surface area (Å²) in [6.07, 6.45) is 6.63. The number of carbonyl (C=O) groups excluding carboxylic acids is 2. The topological polar surface area (TPSA) is 65.0 Å². The van der Waals surface area contributed by atoms with Crippen molar-refractivity contribution < 1.29 is 19.1 Å². The van der Waals surface area contributed by atoms with E-state index in [0.717, 1.165) is 12.8 Å². The van der Waals surface area contributed by atoms with E-state index in [2.05, 4.69) is 26.6 Å². The van der Waals surface area contributed by atoms with E-state index in [1.165, 1.54) is 31.4 Å². The van der Waals surface area contributed by atoms with Crippen molar-refractivity contribution in [2.24, 2.45) is 10.9 Å². The third-order valence-electron chi connectivity index (χ3n) is 3.67. The standard InChI is InChI=1S/C17H19NO4/c1-21-16(19)14(17(20)22-2)8-5-11-18-15-10-9-12-6-3-4-7-13(12)15/h3-8,11,14-15H,9-10H2,1-2H3/b8-5+,18-11?. The Morgan fingerprint density at radius 3 is 2.59 bits per heavy atom. The molecule has 5 heteroatoms. The fourth-order valence-corrected chi connectivity index (χ4v) is 2.51. The van der Waals surface area contributed by atoms with Crippen molar-refractivity contribution in [2.75, 3.05) is 14.2 Å². The molecule has 0 aromatic heterocycles. The number of methoxy groups -OCH3 is 2. The van der Waals surface area contributed by atoms with Crippen LogP contribution in [0.25, 0.3) is 0 Å². The molecule has 1 aromatic rings. The molecule has 0 saturated heterocycles. The van der Waals surface area contributed by atoms with Crippen LogP contribution in [-0.2, 0) is 25.5 Å². The Kier molecular flexibility index (Phi) is 5.47. The highest BCUT2D eigenvalue weighted by molar-refractivity contribution is 5.97. The fourth-order valence-electron chi connectivity index (χ4n) is 2.51. The predicted octanol–water partition coefficient (Wildman–Crippen LogP) is 2.26. The van der Waals surface area contributed by atoms with Gasteiger partial charge in [0.2, 0.25) is 0 Å². The van der Waals surface area contributed by atoms with Crippen molar-refractivity contribution in [1.29, 1.82) is 0 Å². The smallest absolute Gasteiger partial charge is 0.323 e. The van der Waals surface area contributed by atoms with Gasteiger partial charge >= 0.3 is 11.9 Å². The maximum Gasteiger partial charge on any atom is 0.323 e. The Morgan fingerprint density at radius 2 is 1.91 bits per heavy atom. The maximum atomic E-state index is 11.5. The van der Waals surface area contributed by atoms with Crippen molar-refractivity contribution in [2.45, 2.75) is 18.9 Å². The molecule has 0 spiro atoms. The predicted molar refractivity (Wildman–Crippen MR) is 82.7 cm³/mol. The first-order valence-electron chi connectivity index (χ1n) is 7.10. The minimum atomic E-state index is -1.06. The second-order valence-electron chi connectivity index (χ2n) is 4.96. The third-order valence-corrected chi connectivity index (χ3v) is 3.67. The van der Waals surface area contributed by atoms with E-state index >= 15 is 0 Å². The number of ether oxygens (including phenoxy) is 2. The van der Waals surface area contributed by atoms with E-state index in [1.54, 1.807) is 12.3 Å². The number of esters is 2. The highest BCUT2D eigenvalue weighted by Crippen LogP contribution is 2.33. The van der Waals surface area contributed by atoms with Gasteiger partial charge in [0.25, 0.3) is 0 Å². The number of fused-ring (bicyclic) bond motifs is 1. The molecule has 2 rings (SSSR count). The van der Waals surface area contributed by atoms with E-state index in [9.17, 15) is 9.59 Å². The third kappa shape index (κ3) is 3.61. The molecule has 0 saturated carbocycles. The molecule has 0 aliphatic heterocycles. The van der Waals surface area contributed by atoms with Crippen LogP contribution in [0.1, 0.15) is 23.6 Å². The summed E-state index contributed by atoms with van der Waals surface area (Å²) in [5, 5.41) is 0. The molecule has 0 fully saturated rings. The molecule has 0 N–H and O–H groups in total. The van der Waals surface area contributed by atoms with Crippen LogP contribution in [0.2, 0.25) is 0 Å². The molecule has 0 heterocycles. The average Bonchev–Trinajstić information content (AvgIpc) is 2.97. The first-order valence-corrected chi connectivity index (χ1v) is 7.10. The van der Waals surface area contributed by atoms with E-state index in [-0.39, 0.29) is 6.04 Å². The van der Waals surface area contributed by atoms with Gasteiger partial charge in [0.1, 0.15) is 0 Å². The van der Waals surface area contributed by atoms with Crippen molar-refractivity contribution >= 4 is 18.2 Å². The zero-order valence-corrected chi connectivity index (χ0v) is 12.7. The summed E-state index contributed by atoms with van der Waals surface area (Å²) in [5.74, 6) is -2.36. The highest BCUT2D eigenvalue weighted by Gasteiger charge is 2.25. The number of allylic oxidation sites excluding steroid dienone is 1. The van der Waals surface area contributed by atoms with Crippen LogP contribution in [-0.4, -0.2) is 32.4 Å². The van der Waals surface area contributed by atoms with Crippen molar-refractivity contribution in [3.63, 3.8) is 0 Å². The van der Waals surface area contributed by atoms with E-state index in [4.69, 9.17) is 0 Å². The van der Waals surface area contributed by atoms with Crippen LogP contribution in [0.5, 0.6) is 0 Å². The van der Waals surface area contributed by atoms with Gasteiger partial charge in [-0.2, -0.15) is 0 Å². The van der Waals surface area contributed by atoms with Gasteiger partial charge in [-0.15, -0.1) is 0 Å². The van der Waals surface area contributed by atoms with Crippen LogP contribution in [0, 0.1) is 5.92 Å². The lowest BCUT2D eigenvalue weighted by atomic mass is 10.1. The minimum absolute atomic E-state index is 0.135. The molecule has 1 aliphatic rings. The van der Waals surface area contributed by atoms with Crippen molar-refractivity contribution in [3.05, 3.63) is 47.5 Å². The van der Waals surface area contributed by atoms with Gasteiger partial charge in [-0.25, -0.2) is 0 Å². The summed E-state index contributed by atoms with van der Waals surface area (Å²) in [7, 11) is 2.46. The van der Waals surface area contributed by atoms with E-state index in [1.807, 2.05) is 12.1 Å². The van der Waals surface area contributed by atoms with E-state index in [0.29, 0.717) is 0 Å². The van der Waals surface area contributed by atoms with Crippen LogP contribution in [0.3, 0.4) is 0 Å². The zero-order valence-electron chi connectivity index (χ0n) is 12.7. The average molecular weight is 301 g/mol. The number of hydrogen-bond donors (Lipinski definition) is 0. The number of carbonyl (C=O) groups is 2. The van der Waals surface area contributed by atoms with Gasteiger partial charge < -0.3 is 9.47 Å². The number of nitrogens with zero attached hydrogens (tertiary/aromatic N) is 1. The summed E-state index contributed by atoms with van der Waals surface area (Å²) < 4.78 is 9.15. The van der Waals surface area contributed by atoms with Gasteiger partial charge in [0, 0.05) is 6.21 Å². The summed E-state index contributed by atoms with van der Waals surface area (Å²) in [6.45, 7) is 0. The van der Waals surface area contributed by atoms with Crippen molar-refractivity contribution in [3.8, 4) is 0 Å². The maximum absolute atomic E-state index is 11.5. The van der Waals surface area contributed by atoms with Crippen LogP contribution >= 0.6 is 0 Å². The van der Waals surface area contributed by atoms with Gasteiger partial charge in [0.15, 0.2) is 5.92 Å². The largest absolute Gasteiger partial charge is 0.468 e. The molecule has 1 unspecified atom stereocenters. The van der Waals surface area contributed by atoms with Crippen LogP contribution in [0.4, 0.5) is 0 Å². The summed E-state index contributed by atoms with van der Waals surface area (Å²) in [5.41, 5.74) is 2.57. The first kappa shape index (κ1) is 15.9. The Morgan fingerprint density at radius 1 is 1.23 bits per heavy atom. The number of aliphatic imine (C=N–C) groups is 1. The lowest BCUT2D eigenvalue weighted by Crippen LogP contribution is -2.24. The summed E-state index contributed by atoms with van der Waals surface area (Å²) in [6, 6.07) is 8.37. The zero-order chi connectivity index (χ0) is 15.9. The SMILES string of the molecule is COC(=O)C(/C=C/C=NC1CCc2ccccc21)C(=O)OC. The number of hydrogen-bond acceptors (Lipinski definition) is 5. The van der Waals surface area contributed by atoms with Gasteiger partial charge in [-0.3, -0.25) is 14.6 Å². The highest BCUT2D eigenvalue weighted by atomic mass is 16.5. The molecule has 22 heavy (non-hydrogen) atoms. The molecule has 1 atom stereocenters. The van der Waals surface area contributed by atoms with Crippen molar-refractivity contribution in [1.82, 2.24) is 0 Å². The molecule has 0 radical (unpaired) electrons. The second-order valence-corrected chi connectivity index (χ2v) is 4.96. The first-order chi connectivity index (χ1) is 10.7. The molecule has 116 valence electrons. The summed E-state index contributed by atoms with van der Waals surface area (Å²) in [4.78, 5) is 27.5. The number of rotatable bonds is 5. The molecular weight excluding hydrogens is 282 g/mol. The van der Waals surface area contributed by atoms with Crippen LogP contribution in [0.15, 0.2) is 41.4 Å². The molecule has 0 amide bonds. The van der Waals surface area contributed by atoms with Crippen LogP contribution < -0.4 is 0 Å². The molecule has 1 aliphatic carbocycles. The second kappa shape index (κ2) is 7.54. The lowest BCUT2D eigenvalue weighted by molar-refractivity contribution is -0.156. The monoisotopic (exact) mass is 301 g/mol. The van der Waals surface area contributed by atoms with Gasteiger partial charge in [-0.05, 0) is 30.0 Å². The molecule has 1 aromatic carbocycles. The summed E-state index contributed by atoms with van der Waals surface area (Å²) >= 11 is 0. The molecular formula is C17H19NO4. The fraction of sp³-hybridized carbons (Fsp3) is 0.353. The van der Waals surface area contributed by atoms with Gasteiger partial charge in [0.05, 0.1) is 20.3 Å². The normalized spacial score (nSPS) is 17.1. The van der Waals surface area contributed by atoms with Gasteiger partial charge in [-0.1, -0.05) is 30.3 Å². The minimum Gasteiger partial charge on any atom is -0.468 e. The lowest BCUT2D eigenvalue weighted by Gasteiger charge is -2.07. The Bertz CT molecular complexity index is 590. The molecule has 0 bridgehead atoms.